The Morgan fingerprint density at radius 3 is 2.77 bits per heavy atom. The Labute approximate surface area is 131 Å². The first-order chi connectivity index (χ1) is 10.6. The quantitative estimate of drug-likeness (QED) is 0.840. The van der Waals surface area contributed by atoms with Crippen molar-refractivity contribution >= 4 is 11.9 Å². The molecule has 1 heterocycles. The van der Waals surface area contributed by atoms with Crippen molar-refractivity contribution in [1.82, 2.24) is 4.90 Å². The lowest BCUT2D eigenvalue weighted by Crippen LogP contribution is -2.40. The van der Waals surface area contributed by atoms with Crippen molar-refractivity contribution < 1.29 is 14.3 Å². The second-order valence-electron chi connectivity index (χ2n) is 5.76. The molecule has 5 nitrogen and oxygen atoms in total. The zero-order valence-electron chi connectivity index (χ0n) is 13.0. The molecule has 0 saturated carbocycles. The molecule has 0 aliphatic carbocycles. The van der Waals surface area contributed by atoms with Crippen LogP contribution in [0.1, 0.15) is 37.2 Å². The van der Waals surface area contributed by atoms with Gasteiger partial charge in [-0.05, 0) is 24.8 Å². The molecule has 22 heavy (non-hydrogen) atoms. The third-order valence-corrected chi connectivity index (χ3v) is 4.22. The molecule has 120 valence electrons. The van der Waals surface area contributed by atoms with Crippen LogP contribution in [-0.2, 0) is 14.3 Å². The van der Waals surface area contributed by atoms with Gasteiger partial charge in [-0.15, -0.1) is 0 Å². The molecule has 1 amide bonds. The minimum atomic E-state index is -0.719. The third-order valence-electron chi connectivity index (χ3n) is 4.22. The predicted molar refractivity (Wildman–Crippen MR) is 84.2 cm³/mol. The van der Waals surface area contributed by atoms with Crippen LogP contribution in [0.5, 0.6) is 0 Å². The van der Waals surface area contributed by atoms with Crippen LogP contribution in [0, 0.1) is 0 Å². The summed E-state index contributed by atoms with van der Waals surface area (Å²) in [5.74, 6) is 0.00164. The molecule has 2 N–H and O–H groups in total. The molecule has 1 aliphatic rings. The highest BCUT2D eigenvalue weighted by molar-refractivity contribution is 5.79. The van der Waals surface area contributed by atoms with Crippen molar-refractivity contribution in [3.05, 3.63) is 35.9 Å². The van der Waals surface area contributed by atoms with Crippen LogP contribution in [-0.4, -0.2) is 43.0 Å². The van der Waals surface area contributed by atoms with E-state index >= 15 is 0 Å². The maximum atomic E-state index is 12.3. The summed E-state index contributed by atoms with van der Waals surface area (Å²) >= 11 is 0. The molecule has 5 heteroatoms. The van der Waals surface area contributed by atoms with Crippen LogP contribution >= 0.6 is 0 Å². The van der Waals surface area contributed by atoms with Crippen molar-refractivity contribution in [3.8, 4) is 0 Å². The SMILES string of the molecule is COC(=O)[C@@H](N)CCC(=O)N1CCCC(c2ccccc2)C1. The molecule has 1 aliphatic heterocycles. The van der Waals surface area contributed by atoms with Crippen LogP contribution in [0.15, 0.2) is 30.3 Å². The Kier molecular flexibility index (Phi) is 5.95. The van der Waals surface area contributed by atoms with Crippen molar-refractivity contribution in [2.45, 2.75) is 37.6 Å². The number of methoxy groups -OCH3 is 1. The molecule has 0 bridgehead atoms. The average Bonchev–Trinajstić information content (AvgIpc) is 2.59. The number of rotatable bonds is 5. The minimum absolute atomic E-state index is 0.0694. The number of nitrogens with two attached hydrogens (primary N) is 1. The summed E-state index contributed by atoms with van der Waals surface area (Å²) in [5, 5.41) is 0. The van der Waals surface area contributed by atoms with Crippen LogP contribution in [0.4, 0.5) is 0 Å². The number of piperidine rings is 1. The summed E-state index contributed by atoms with van der Waals surface area (Å²) in [5.41, 5.74) is 6.96. The lowest BCUT2D eigenvalue weighted by Gasteiger charge is -2.33. The number of likely N-dealkylation sites (tertiary alicyclic amines) is 1. The fourth-order valence-corrected chi connectivity index (χ4v) is 2.91. The van der Waals surface area contributed by atoms with Gasteiger partial charge in [-0.25, -0.2) is 0 Å². The van der Waals surface area contributed by atoms with E-state index in [1.807, 2.05) is 23.1 Å². The smallest absolute Gasteiger partial charge is 0.322 e. The van der Waals surface area contributed by atoms with Crippen LogP contribution < -0.4 is 5.73 Å². The summed E-state index contributed by atoms with van der Waals surface area (Å²) in [6.45, 7) is 1.53. The van der Waals surface area contributed by atoms with Crippen LogP contribution in [0.25, 0.3) is 0 Å². The molecule has 0 radical (unpaired) electrons. The number of esters is 1. The summed E-state index contributed by atoms with van der Waals surface area (Å²) in [6, 6.07) is 9.58. The Hall–Kier alpha value is -1.88. The van der Waals surface area contributed by atoms with E-state index in [0.29, 0.717) is 12.3 Å². The molecule has 1 aromatic rings. The second kappa shape index (κ2) is 7.94. The lowest BCUT2D eigenvalue weighted by atomic mass is 9.90. The van der Waals surface area contributed by atoms with Gasteiger partial charge in [-0.3, -0.25) is 9.59 Å². The van der Waals surface area contributed by atoms with Gasteiger partial charge in [0.1, 0.15) is 6.04 Å². The third kappa shape index (κ3) is 4.31. The van der Waals surface area contributed by atoms with Gasteiger partial charge < -0.3 is 15.4 Å². The summed E-state index contributed by atoms with van der Waals surface area (Å²) in [4.78, 5) is 25.5. The van der Waals surface area contributed by atoms with E-state index in [0.717, 1.165) is 25.9 Å². The molecular formula is C17H24N2O3. The van der Waals surface area contributed by atoms with Gasteiger partial charge in [0.05, 0.1) is 7.11 Å². The zero-order chi connectivity index (χ0) is 15.9. The predicted octanol–water partition coefficient (Wildman–Crippen LogP) is 1.67. The van der Waals surface area contributed by atoms with Gasteiger partial charge in [-0.1, -0.05) is 30.3 Å². The van der Waals surface area contributed by atoms with E-state index in [4.69, 9.17) is 5.73 Å². The molecule has 0 spiro atoms. The lowest BCUT2D eigenvalue weighted by molar-refractivity contribution is -0.142. The largest absolute Gasteiger partial charge is 0.468 e. The first-order valence-corrected chi connectivity index (χ1v) is 7.78. The van der Waals surface area contributed by atoms with E-state index in [9.17, 15) is 9.59 Å². The number of benzene rings is 1. The van der Waals surface area contributed by atoms with Crippen molar-refractivity contribution in [3.63, 3.8) is 0 Å². The Bertz CT molecular complexity index is 504. The molecule has 2 rings (SSSR count). The molecule has 0 aromatic heterocycles. The zero-order valence-corrected chi connectivity index (χ0v) is 13.0. The molecule has 1 saturated heterocycles. The minimum Gasteiger partial charge on any atom is -0.468 e. The monoisotopic (exact) mass is 304 g/mol. The number of ether oxygens (including phenoxy) is 1. The number of hydrogen-bond acceptors (Lipinski definition) is 4. The first-order valence-electron chi connectivity index (χ1n) is 7.78. The number of carbonyl (C=O) groups is 2. The van der Waals surface area contributed by atoms with E-state index in [-0.39, 0.29) is 12.3 Å². The van der Waals surface area contributed by atoms with E-state index in [1.165, 1.54) is 12.7 Å². The Morgan fingerprint density at radius 2 is 2.09 bits per heavy atom. The number of carbonyl (C=O) groups excluding carboxylic acids is 2. The van der Waals surface area contributed by atoms with Crippen molar-refractivity contribution in [2.75, 3.05) is 20.2 Å². The maximum absolute atomic E-state index is 12.3. The van der Waals surface area contributed by atoms with E-state index in [2.05, 4.69) is 16.9 Å². The van der Waals surface area contributed by atoms with Crippen LogP contribution in [0.3, 0.4) is 0 Å². The van der Waals surface area contributed by atoms with Gasteiger partial charge in [0.15, 0.2) is 0 Å². The van der Waals surface area contributed by atoms with Gasteiger partial charge in [0.25, 0.3) is 0 Å². The molecule has 1 unspecified atom stereocenters. The highest BCUT2D eigenvalue weighted by Gasteiger charge is 2.25. The van der Waals surface area contributed by atoms with Crippen LogP contribution in [0.2, 0.25) is 0 Å². The topological polar surface area (TPSA) is 72.6 Å². The number of hydrogen-bond donors (Lipinski definition) is 1. The summed E-state index contributed by atoms with van der Waals surface area (Å²) in [7, 11) is 1.30. The highest BCUT2D eigenvalue weighted by Crippen LogP contribution is 2.27. The second-order valence-corrected chi connectivity index (χ2v) is 5.76. The molecule has 2 atom stereocenters. The Morgan fingerprint density at radius 1 is 1.36 bits per heavy atom. The average molecular weight is 304 g/mol. The summed E-state index contributed by atoms with van der Waals surface area (Å²) in [6.07, 6.45) is 2.74. The van der Waals surface area contributed by atoms with Crippen molar-refractivity contribution in [1.29, 1.82) is 0 Å². The number of amides is 1. The standard InChI is InChI=1S/C17H24N2O3/c1-22-17(21)15(18)9-10-16(20)19-11-5-8-14(12-19)13-6-3-2-4-7-13/h2-4,6-7,14-15H,5,8-12,18H2,1H3/t14?,15-/m0/s1. The fourth-order valence-electron chi connectivity index (χ4n) is 2.91. The highest BCUT2D eigenvalue weighted by atomic mass is 16.5. The first kappa shape index (κ1) is 16.5. The normalized spacial score (nSPS) is 19.5. The van der Waals surface area contributed by atoms with E-state index in [1.54, 1.807) is 0 Å². The van der Waals surface area contributed by atoms with Gasteiger partial charge in [0.2, 0.25) is 5.91 Å². The van der Waals surface area contributed by atoms with Gasteiger partial charge >= 0.3 is 5.97 Å². The Balaban J connectivity index is 1.86. The van der Waals surface area contributed by atoms with Gasteiger partial charge in [0, 0.05) is 25.4 Å². The number of nitrogens with zero attached hydrogens (tertiary/aromatic N) is 1. The van der Waals surface area contributed by atoms with Gasteiger partial charge in [-0.2, -0.15) is 0 Å². The summed E-state index contributed by atoms with van der Waals surface area (Å²) < 4.78 is 4.58. The maximum Gasteiger partial charge on any atom is 0.322 e. The van der Waals surface area contributed by atoms with Crippen molar-refractivity contribution in [2.24, 2.45) is 5.73 Å². The molecule has 1 aromatic carbocycles. The molecule has 1 fully saturated rings. The molecular weight excluding hydrogens is 280 g/mol. The fraction of sp³-hybridized carbons (Fsp3) is 0.529. The van der Waals surface area contributed by atoms with E-state index < -0.39 is 12.0 Å².